The van der Waals surface area contributed by atoms with Gasteiger partial charge in [0.2, 0.25) is 5.91 Å². The standard InChI is InChI=1S/C24H27Cl2NO2/c1-3-6-18-14-22(17-7-5-8-20(26)13-17)23(16-9-11-19(25)12-10-16)27(24(18)29)21(4-2)15-28/h3,5,7-13,18,21-23,28H,1,4,6,14-15H2,2H3/t18?,21-,22?,23?/m0/s1. The van der Waals surface area contributed by atoms with Crippen molar-refractivity contribution in [1.82, 2.24) is 4.90 Å². The molecule has 1 N–H and O–H groups in total. The van der Waals surface area contributed by atoms with E-state index in [1.807, 2.05) is 54.3 Å². The molecule has 0 bridgehead atoms. The Morgan fingerprint density at radius 1 is 1.17 bits per heavy atom. The fraction of sp³-hybridized carbons (Fsp3) is 0.375. The van der Waals surface area contributed by atoms with E-state index in [2.05, 4.69) is 12.6 Å². The van der Waals surface area contributed by atoms with Crippen LogP contribution in [0, 0.1) is 5.92 Å². The molecule has 1 fully saturated rings. The number of benzene rings is 2. The molecule has 29 heavy (non-hydrogen) atoms. The number of piperidine rings is 1. The van der Waals surface area contributed by atoms with E-state index in [1.165, 1.54) is 0 Å². The zero-order chi connectivity index (χ0) is 21.0. The van der Waals surface area contributed by atoms with Gasteiger partial charge in [-0.05, 0) is 54.7 Å². The van der Waals surface area contributed by atoms with Gasteiger partial charge in [0.1, 0.15) is 0 Å². The highest BCUT2D eigenvalue weighted by Gasteiger charge is 2.44. The van der Waals surface area contributed by atoms with Crippen LogP contribution >= 0.6 is 23.2 Å². The van der Waals surface area contributed by atoms with Crippen LogP contribution in [0.25, 0.3) is 0 Å². The van der Waals surface area contributed by atoms with Gasteiger partial charge < -0.3 is 10.0 Å². The molecule has 0 saturated carbocycles. The zero-order valence-electron chi connectivity index (χ0n) is 16.6. The van der Waals surface area contributed by atoms with E-state index in [9.17, 15) is 9.90 Å². The lowest BCUT2D eigenvalue weighted by Gasteiger charge is -2.48. The summed E-state index contributed by atoms with van der Waals surface area (Å²) in [5.74, 6) is -0.0391. The highest BCUT2D eigenvalue weighted by molar-refractivity contribution is 6.30. The summed E-state index contributed by atoms with van der Waals surface area (Å²) < 4.78 is 0. The third-order valence-electron chi connectivity index (χ3n) is 5.84. The van der Waals surface area contributed by atoms with Gasteiger partial charge in [-0.15, -0.1) is 6.58 Å². The van der Waals surface area contributed by atoms with E-state index in [0.717, 1.165) is 11.1 Å². The van der Waals surface area contributed by atoms with Crippen molar-refractivity contribution >= 4 is 29.1 Å². The van der Waals surface area contributed by atoms with Crippen LogP contribution in [0.1, 0.15) is 49.3 Å². The number of carbonyl (C=O) groups excluding carboxylic acids is 1. The molecule has 0 radical (unpaired) electrons. The summed E-state index contributed by atoms with van der Waals surface area (Å²) in [6, 6.07) is 15.1. The van der Waals surface area contributed by atoms with Gasteiger partial charge in [0.25, 0.3) is 0 Å². The fourth-order valence-electron chi connectivity index (χ4n) is 4.41. The molecule has 0 aromatic heterocycles. The van der Waals surface area contributed by atoms with Crippen LogP contribution < -0.4 is 0 Å². The largest absolute Gasteiger partial charge is 0.394 e. The number of halogens is 2. The Bertz CT molecular complexity index is 848. The number of carbonyl (C=O) groups is 1. The summed E-state index contributed by atoms with van der Waals surface area (Å²) in [6.07, 6.45) is 3.80. The Labute approximate surface area is 182 Å². The van der Waals surface area contributed by atoms with Crippen LogP contribution in [0.3, 0.4) is 0 Å². The van der Waals surface area contributed by atoms with E-state index in [1.54, 1.807) is 6.08 Å². The minimum absolute atomic E-state index is 0.0538. The van der Waals surface area contributed by atoms with Gasteiger partial charge in [-0.2, -0.15) is 0 Å². The Balaban J connectivity index is 2.16. The lowest BCUT2D eigenvalue weighted by Crippen LogP contribution is -2.52. The number of aliphatic hydroxyl groups excluding tert-OH is 1. The minimum Gasteiger partial charge on any atom is -0.394 e. The van der Waals surface area contributed by atoms with Crippen LogP contribution in [0.2, 0.25) is 10.0 Å². The highest BCUT2D eigenvalue weighted by atomic mass is 35.5. The van der Waals surface area contributed by atoms with Crippen molar-refractivity contribution in [2.45, 2.75) is 44.2 Å². The third-order valence-corrected chi connectivity index (χ3v) is 6.32. The maximum Gasteiger partial charge on any atom is 0.226 e. The van der Waals surface area contributed by atoms with Crippen LogP contribution in [-0.4, -0.2) is 28.6 Å². The van der Waals surface area contributed by atoms with Crippen LogP contribution in [0.5, 0.6) is 0 Å². The Hall–Kier alpha value is -1.81. The fourth-order valence-corrected chi connectivity index (χ4v) is 4.73. The molecule has 2 aromatic rings. The first-order valence-corrected chi connectivity index (χ1v) is 10.8. The second-order valence-electron chi connectivity index (χ2n) is 7.61. The molecule has 154 valence electrons. The van der Waals surface area contributed by atoms with Crippen molar-refractivity contribution in [3.63, 3.8) is 0 Å². The van der Waals surface area contributed by atoms with Crippen LogP contribution in [-0.2, 0) is 4.79 Å². The summed E-state index contributed by atoms with van der Waals surface area (Å²) in [5, 5.41) is 11.4. The lowest BCUT2D eigenvalue weighted by atomic mass is 9.74. The number of rotatable bonds is 7. The number of likely N-dealkylation sites (tertiary alicyclic amines) is 1. The first kappa shape index (κ1) is 21.9. The van der Waals surface area contributed by atoms with Crippen molar-refractivity contribution in [3.05, 3.63) is 82.4 Å². The van der Waals surface area contributed by atoms with Gasteiger partial charge in [0.05, 0.1) is 18.7 Å². The number of allylic oxidation sites excluding steroid dienone is 1. The maximum absolute atomic E-state index is 13.5. The average molecular weight is 432 g/mol. The second kappa shape index (κ2) is 9.80. The number of nitrogens with zero attached hydrogens (tertiary/aromatic N) is 1. The highest BCUT2D eigenvalue weighted by Crippen LogP contribution is 2.47. The molecule has 1 amide bonds. The van der Waals surface area contributed by atoms with Gasteiger partial charge >= 0.3 is 0 Å². The zero-order valence-corrected chi connectivity index (χ0v) is 18.1. The number of hydrogen-bond acceptors (Lipinski definition) is 2. The molecule has 5 heteroatoms. The predicted octanol–water partition coefficient (Wildman–Crippen LogP) is 6.01. The molecule has 0 spiro atoms. The molecule has 3 rings (SSSR count). The third kappa shape index (κ3) is 4.69. The average Bonchev–Trinajstić information content (AvgIpc) is 2.72. The van der Waals surface area contributed by atoms with Crippen LogP contribution in [0.4, 0.5) is 0 Å². The Morgan fingerprint density at radius 2 is 1.90 bits per heavy atom. The summed E-state index contributed by atoms with van der Waals surface area (Å²) in [6.45, 7) is 5.77. The second-order valence-corrected chi connectivity index (χ2v) is 8.48. The number of aliphatic hydroxyl groups is 1. The molecule has 3 nitrogen and oxygen atoms in total. The molecule has 1 saturated heterocycles. The van der Waals surface area contributed by atoms with Crippen LogP contribution in [0.15, 0.2) is 61.2 Å². The van der Waals surface area contributed by atoms with Gasteiger partial charge in [-0.1, -0.05) is 60.5 Å². The molecular formula is C24H27Cl2NO2. The van der Waals surface area contributed by atoms with E-state index >= 15 is 0 Å². The molecule has 1 aliphatic rings. The molecule has 1 aliphatic heterocycles. The molecule has 4 atom stereocenters. The molecule has 2 aromatic carbocycles. The SMILES string of the molecule is C=CCC1CC(c2cccc(Cl)c2)C(c2ccc(Cl)cc2)N([C@@H](CC)CO)C1=O. The normalized spacial score (nSPS) is 23.1. The smallest absolute Gasteiger partial charge is 0.226 e. The quantitative estimate of drug-likeness (QED) is 0.544. The summed E-state index contributed by atoms with van der Waals surface area (Å²) in [4.78, 5) is 15.4. The molecule has 0 aliphatic carbocycles. The number of hydrogen-bond donors (Lipinski definition) is 1. The van der Waals surface area contributed by atoms with Crippen molar-refractivity contribution in [2.75, 3.05) is 6.61 Å². The van der Waals surface area contributed by atoms with Crippen molar-refractivity contribution in [1.29, 1.82) is 0 Å². The van der Waals surface area contributed by atoms with E-state index in [-0.39, 0.29) is 36.4 Å². The lowest BCUT2D eigenvalue weighted by molar-refractivity contribution is -0.148. The Kier molecular flexibility index (Phi) is 7.39. The number of amides is 1. The van der Waals surface area contributed by atoms with Gasteiger partial charge in [-0.25, -0.2) is 0 Å². The van der Waals surface area contributed by atoms with Gasteiger partial charge in [-0.3, -0.25) is 4.79 Å². The summed E-state index contributed by atoms with van der Waals surface area (Å²) >= 11 is 12.4. The van der Waals surface area contributed by atoms with Gasteiger partial charge in [0.15, 0.2) is 0 Å². The predicted molar refractivity (Wildman–Crippen MR) is 119 cm³/mol. The first-order chi connectivity index (χ1) is 14.0. The minimum atomic E-state index is -0.252. The van der Waals surface area contributed by atoms with Crippen molar-refractivity contribution in [3.8, 4) is 0 Å². The Morgan fingerprint density at radius 3 is 2.48 bits per heavy atom. The first-order valence-electron chi connectivity index (χ1n) is 10.0. The van der Waals surface area contributed by atoms with Gasteiger partial charge in [0, 0.05) is 21.9 Å². The summed E-state index contributed by atoms with van der Waals surface area (Å²) in [5.41, 5.74) is 2.11. The van der Waals surface area contributed by atoms with E-state index < -0.39 is 0 Å². The van der Waals surface area contributed by atoms with Crippen molar-refractivity contribution < 1.29 is 9.90 Å². The van der Waals surface area contributed by atoms with Crippen molar-refractivity contribution in [2.24, 2.45) is 5.92 Å². The van der Waals surface area contributed by atoms with E-state index in [0.29, 0.717) is 29.3 Å². The molecular weight excluding hydrogens is 405 g/mol. The topological polar surface area (TPSA) is 40.5 Å². The molecule has 3 unspecified atom stereocenters. The monoisotopic (exact) mass is 431 g/mol. The maximum atomic E-state index is 13.5. The molecule has 1 heterocycles. The summed E-state index contributed by atoms with van der Waals surface area (Å²) in [7, 11) is 0. The van der Waals surface area contributed by atoms with E-state index in [4.69, 9.17) is 23.2 Å².